The quantitative estimate of drug-likeness (QED) is 0.699. The van der Waals surface area contributed by atoms with Crippen molar-refractivity contribution in [1.82, 2.24) is 0 Å². The number of benzene rings is 2. The fourth-order valence-electron chi connectivity index (χ4n) is 2.38. The Bertz CT molecular complexity index is 624. The number of hydrogen-bond acceptors (Lipinski definition) is 1. The van der Waals surface area contributed by atoms with Crippen LogP contribution >= 0.6 is 27.5 Å². The fraction of sp³-hybridized carbons (Fsp3) is 0.250. The molecule has 0 fully saturated rings. The van der Waals surface area contributed by atoms with E-state index in [-0.39, 0.29) is 5.38 Å². The SMILES string of the molecule is Cc1cc(C(Cl)c2ccc3c(c2)CCO3)ccc1Br. The van der Waals surface area contributed by atoms with E-state index >= 15 is 0 Å². The third-order valence-electron chi connectivity index (χ3n) is 3.48. The van der Waals surface area contributed by atoms with E-state index in [0.717, 1.165) is 34.4 Å². The zero-order valence-electron chi connectivity index (χ0n) is 10.6. The average molecular weight is 338 g/mol. The average Bonchev–Trinajstić information content (AvgIpc) is 2.88. The van der Waals surface area contributed by atoms with Gasteiger partial charge in [0.1, 0.15) is 5.75 Å². The molecular formula is C16H14BrClO. The number of halogens is 2. The van der Waals surface area contributed by atoms with Gasteiger partial charge in [-0.1, -0.05) is 40.2 Å². The molecule has 0 amide bonds. The molecule has 0 bridgehead atoms. The van der Waals surface area contributed by atoms with Gasteiger partial charge in [0.15, 0.2) is 0 Å². The van der Waals surface area contributed by atoms with Crippen LogP contribution < -0.4 is 4.74 Å². The van der Waals surface area contributed by atoms with Gasteiger partial charge in [0.05, 0.1) is 12.0 Å². The van der Waals surface area contributed by atoms with E-state index in [1.54, 1.807) is 0 Å². The molecule has 19 heavy (non-hydrogen) atoms. The summed E-state index contributed by atoms with van der Waals surface area (Å²) >= 11 is 10.1. The van der Waals surface area contributed by atoms with Crippen molar-refractivity contribution in [3.63, 3.8) is 0 Å². The van der Waals surface area contributed by atoms with E-state index in [4.69, 9.17) is 16.3 Å². The lowest BCUT2D eigenvalue weighted by molar-refractivity contribution is 0.357. The van der Waals surface area contributed by atoms with Crippen LogP contribution in [0, 0.1) is 6.92 Å². The van der Waals surface area contributed by atoms with E-state index in [0.29, 0.717) is 0 Å². The molecule has 98 valence electrons. The Balaban J connectivity index is 1.94. The number of rotatable bonds is 2. The maximum Gasteiger partial charge on any atom is 0.122 e. The van der Waals surface area contributed by atoms with Gasteiger partial charge in [-0.25, -0.2) is 0 Å². The van der Waals surface area contributed by atoms with Crippen molar-refractivity contribution in [3.05, 3.63) is 63.1 Å². The molecule has 0 radical (unpaired) electrons. The van der Waals surface area contributed by atoms with Crippen molar-refractivity contribution < 1.29 is 4.74 Å². The summed E-state index contributed by atoms with van der Waals surface area (Å²) < 4.78 is 6.64. The van der Waals surface area contributed by atoms with Gasteiger partial charge in [-0.2, -0.15) is 0 Å². The van der Waals surface area contributed by atoms with Gasteiger partial charge in [0.25, 0.3) is 0 Å². The monoisotopic (exact) mass is 336 g/mol. The van der Waals surface area contributed by atoms with Crippen LogP contribution in [-0.2, 0) is 6.42 Å². The van der Waals surface area contributed by atoms with Crippen molar-refractivity contribution >= 4 is 27.5 Å². The Labute approximate surface area is 126 Å². The van der Waals surface area contributed by atoms with Crippen molar-refractivity contribution in [2.45, 2.75) is 18.7 Å². The molecular weight excluding hydrogens is 324 g/mol. The maximum atomic E-state index is 6.60. The van der Waals surface area contributed by atoms with Gasteiger partial charge in [-0.05, 0) is 41.3 Å². The second-order valence-electron chi connectivity index (χ2n) is 4.84. The van der Waals surface area contributed by atoms with E-state index in [2.05, 4.69) is 53.2 Å². The molecule has 0 spiro atoms. The third kappa shape index (κ3) is 2.52. The van der Waals surface area contributed by atoms with Crippen molar-refractivity contribution in [2.24, 2.45) is 0 Å². The first-order valence-electron chi connectivity index (χ1n) is 6.31. The van der Waals surface area contributed by atoms with Gasteiger partial charge >= 0.3 is 0 Å². The zero-order valence-corrected chi connectivity index (χ0v) is 13.0. The van der Waals surface area contributed by atoms with Crippen molar-refractivity contribution in [2.75, 3.05) is 6.61 Å². The van der Waals surface area contributed by atoms with Crippen LogP contribution in [-0.4, -0.2) is 6.61 Å². The fourth-order valence-corrected chi connectivity index (χ4v) is 2.90. The van der Waals surface area contributed by atoms with E-state index < -0.39 is 0 Å². The van der Waals surface area contributed by atoms with Gasteiger partial charge in [0.2, 0.25) is 0 Å². The molecule has 1 aliphatic rings. The number of hydrogen-bond donors (Lipinski definition) is 0. The van der Waals surface area contributed by atoms with E-state index in [1.165, 1.54) is 11.1 Å². The molecule has 1 aliphatic heterocycles. The first-order valence-corrected chi connectivity index (χ1v) is 7.54. The predicted molar refractivity (Wildman–Crippen MR) is 82.2 cm³/mol. The molecule has 2 aromatic rings. The summed E-state index contributed by atoms with van der Waals surface area (Å²) in [6, 6.07) is 12.5. The topological polar surface area (TPSA) is 9.23 Å². The molecule has 1 nitrogen and oxygen atoms in total. The maximum absolute atomic E-state index is 6.60. The zero-order chi connectivity index (χ0) is 13.4. The van der Waals surface area contributed by atoms with Crippen LogP contribution in [0.2, 0.25) is 0 Å². The number of aryl methyl sites for hydroxylation is 1. The second kappa shape index (κ2) is 5.18. The summed E-state index contributed by atoms with van der Waals surface area (Å²) in [6.07, 6.45) is 0.978. The Morgan fingerprint density at radius 3 is 2.68 bits per heavy atom. The molecule has 2 aromatic carbocycles. The third-order valence-corrected chi connectivity index (χ3v) is 4.87. The highest BCUT2D eigenvalue weighted by molar-refractivity contribution is 9.10. The van der Waals surface area contributed by atoms with E-state index in [9.17, 15) is 0 Å². The molecule has 1 atom stereocenters. The van der Waals surface area contributed by atoms with Gasteiger partial charge in [-0.15, -0.1) is 11.6 Å². The summed E-state index contributed by atoms with van der Waals surface area (Å²) in [5.41, 5.74) is 4.72. The first-order chi connectivity index (χ1) is 9.15. The Morgan fingerprint density at radius 1 is 1.16 bits per heavy atom. The summed E-state index contributed by atoms with van der Waals surface area (Å²) in [4.78, 5) is 0. The lowest BCUT2D eigenvalue weighted by Gasteiger charge is -2.13. The molecule has 0 N–H and O–H groups in total. The minimum Gasteiger partial charge on any atom is -0.493 e. The van der Waals surface area contributed by atoms with Crippen LogP contribution in [0.15, 0.2) is 40.9 Å². The summed E-state index contributed by atoms with van der Waals surface area (Å²) in [5.74, 6) is 1.000. The van der Waals surface area contributed by atoms with Crippen LogP contribution in [0.3, 0.4) is 0 Å². The van der Waals surface area contributed by atoms with Gasteiger partial charge in [0, 0.05) is 10.9 Å². The van der Waals surface area contributed by atoms with Gasteiger partial charge in [-0.3, -0.25) is 0 Å². The highest BCUT2D eigenvalue weighted by atomic mass is 79.9. The standard InChI is InChI=1S/C16H14BrClO/c1-10-8-12(2-4-14(10)17)16(18)13-3-5-15-11(9-13)6-7-19-15/h2-5,8-9,16H,6-7H2,1H3. The first kappa shape index (κ1) is 13.0. The van der Waals surface area contributed by atoms with Crippen LogP contribution in [0.5, 0.6) is 5.75 Å². The van der Waals surface area contributed by atoms with Crippen LogP contribution in [0.25, 0.3) is 0 Å². The van der Waals surface area contributed by atoms with E-state index in [1.807, 2.05) is 6.07 Å². The molecule has 0 saturated heterocycles. The number of fused-ring (bicyclic) bond motifs is 1. The number of ether oxygens (including phenoxy) is 1. The molecule has 0 aromatic heterocycles. The lowest BCUT2D eigenvalue weighted by atomic mass is 10.00. The van der Waals surface area contributed by atoms with Crippen molar-refractivity contribution in [3.8, 4) is 5.75 Å². The van der Waals surface area contributed by atoms with Crippen LogP contribution in [0.4, 0.5) is 0 Å². The lowest BCUT2D eigenvalue weighted by Crippen LogP contribution is -1.95. The molecule has 0 aliphatic carbocycles. The second-order valence-corrected chi connectivity index (χ2v) is 6.13. The smallest absolute Gasteiger partial charge is 0.122 e. The molecule has 3 heteroatoms. The number of alkyl halides is 1. The molecule has 0 saturated carbocycles. The minimum absolute atomic E-state index is 0.113. The summed E-state index contributed by atoms with van der Waals surface area (Å²) in [5, 5.41) is -0.113. The normalized spacial score (nSPS) is 14.9. The van der Waals surface area contributed by atoms with Crippen molar-refractivity contribution in [1.29, 1.82) is 0 Å². The molecule has 1 unspecified atom stereocenters. The minimum atomic E-state index is -0.113. The summed E-state index contributed by atoms with van der Waals surface area (Å²) in [6.45, 7) is 2.86. The highest BCUT2D eigenvalue weighted by Crippen LogP contribution is 2.35. The summed E-state index contributed by atoms with van der Waals surface area (Å²) in [7, 11) is 0. The largest absolute Gasteiger partial charge is 0.493 e. The Kier molecular flexibility index (Phi) is 3.55. The predicted octanol–water partition coefficient (Wildman–Crippen LogP) is 5.02. The Hall–Kier alpha value is -0.990. The highest BCUT2D eigenvalue weighted by Gasteiger charge is 2.17. The Morgan fingerprint density at radius 2 is 1.89 bits per heavy atom. The molecule has 3 rings (SSSR count). The molecule has 1 heterocycles. The van der Waals surface area contributed by atoms with Gasteiger partial charge < -0.3 is 4.74 Å². The van der Waals surface area contributed by atoms with Crippen LogP contribution in [0.1, 0.15) is 27.6 Å².